The van der Waals surface area contributed by atoms with Gasteiger partial charge >= 0.3 is 138 Å². The standard InChI is InChI=1S/C17H38Ge2O/c1-9-17(10-2,20-18(11-3)12-4)13-14-19(15(5)6)16(7)8/h15-16H,9-14H2,1-8H3. The van der Waals surface area contributed by atoms with Crippen LogP contribution in [0.25, 0.3) is 0 Å². The molecule has 0 fully saturated rings. The van der Waals surface area contributed by atoms with Gasteiger partial charge in [0.1, 0.15) is 0 Å². The van der Waals surface area contributed by atoms with Crippen LogP contribution in [0.5, 0.6) is 0 Å². The molecule has 0 atom stereocenters. The Balaban J connectivity index is 4.74. The van der Waals surface area contributed by atoms with E-state index in [0.717, 1.165) is 9.50 Å². The van der Waals surface area contributed by atoms with E-state index in [4.69, 9.17) is 3.76 Å². The topological polar surface area (TPSA) is 9.23 Å². The average Bonchev–Trinajstić information content (AvgIpc) is 2.42. The Kier molecular flexibility index (Phi) is 11.3. The SMILES string of the molecule is C[CH2][Ge]([CH2]C)[O]C(CC)(CC)C[CH2][Ge]([CH](C)C)[CH](C)C. The molecule has 0 unspecified atom stereocenters. The van der Waals surface area contributed by atoms with Gasteiger partial charge in [0.25, 0.3) is 0 Å². The van der Waals surface area contributed by atoms with Gasteiger partial charge in [-0.25, -0.2) is 0 Å². The van der Waals surface area contributed by atoms with Gasteiger partial charge in [-0.3, -0.25) is 0 Å². The molecule has 120 valence electrons. The van der Waals surface area contributed by atoms with E-state index in [1.54, 1.807) is 0 Å². The van der Waals surface area contributed by atoms with Gasteiger partial charge in [0.05, 0.1) is 0 Å². The molecule has 0 rings (SSSR count). The molecule has 1 nitrogen and oxygen atoms in total. The third-order valence-electron chi connectivity index (χ3n) is 4.79. The molecule has 0 aromatic rings. The molecule has 2 radical (unpaired) electrons. The van der Waals surface area contributed by atoms with Crippen molar-refractivity contribution in [3.05, 3.63) is 0 Å². The van der Waals surface area contributed by atoms with Gasteiger partial charge in [0.15, 0.2) is 0 Å². The number of rotatable bonds is 11. The molecule has 0 spiro atoms. The Hall–Kier alpha value is 1.05. The molecule has 0 aliphatic heterocycles. The molecular formula is C17H38Ge2O. The molecular weight excluding hydrogens is 365 g/mol. The molecule has 0 aromatic heterocycles. The second-order valence-corrected chi connectivity index (χ2v) is 20.6. The van der Waals surface area contributed by atoms with E-state index in [-0.39, 0.29) is 5.60 Å². The van der Waals surface area contributed by atoms with E-state index in [1.807, 2.05) is 0 Å². The fraction of sp³-hybridized carbons (Fsp3) is 1.00. The summed E-state index contributed by atoms with van der Waals surface area (Å²) in [5, 5.41) is 4.13. The molecule has 0 heterocycles. The number of hydrogen-bond donors (Lipinski definition) is 0. The second kappa shape index (κ2) is 10.7. The van der Waals surface area contributed by atoms with Crippen LogP contribution in [0.3, 0.4) is 0 Å². The van der Waals surface area contributed by atoms with E-state index < -0.39 is 29.0 Å². The first kappa shape index (κ1) is 21.0. The van der Waals surface area contributed by atoms with Crippen molar-refractivity contribution in [3.63, 3.8) is 0 Å². The van der Waals surface area contributed by atoms with Crippen LogP contribution in [0.2, 0.25) is 25.3 Å². The summed E-state index contributed by atoms with van der Waals surface area (Å²) in [6.45, 7) is 19.2. The van der Waals surface area contributed by atoms with Crippen molar-refractivity contribution >= 4 is 29.0 Å². The van der Waals surface area contributed by atoms with Crippen LogP contribution < -0.4 is 0 Å². The summed E-state index contributed by atoms with van der Waals surface area (Å²) < 4.78 is 8.64. The Morgan fingerprint density at radius 2 is 1.30 bits per heavy atom. The van der Waals surface area contributed by atoms with E-state index in [0.29, 0.717) is 0 Å². The second-order valence-electron chi connectivity index (χ2n) is 6.62. The van der Waals surface area contributed by atoms with Crippen LogP contribution in [0.1, 0.15) is 74.7 Å². The summed E-state index contributed by atoms with van der Waals surface area (Å²) in [7, 11) is 0. The summed E-state index contributed by atoms with van der Waals surface area (Å²) in [5.41, 5.74) is 0.226. The zero-order valence-corrected chi connectivity index (χ0v) is 19.5. The molecule has 0 N–H and O–H groups in total. The molecule has 20 heavy (non-hydrogen) atoms. The molecule has 0 saturated heterocycles. The third kappa shape index (κ3) is 6.87. The quantitative estimate of drug-likeness (QED) is 0.368. The van der Waals surface area contributed by atoms with E-state index in [9.17, 15) is 0 Å². The van der Waals surface area contributed by atoms with Crippen LogP contribution in [0.4, 0.5) is 0 Å². The van der Waals surface area contributed by atoms with Crippen molar-refractivity contribution in [2.24, 2.45) is 0 Å². The van der Waals surface area contributed by atoms with Gasteiger partial charge in [0, 0.05) is 0 Å². The molecule has 0 aliphatic carbocycles. The Morgan fingerprint density at radius 1 is 0.850 bits per heavy atom. The van der Waals surface area contributed by atoms with E-state index >= 15 is 0 Å². The maximum absolute atomic E-state index is 6.74. The first-order chi connectivity index (χ1) is 9.35. The van der Waals surface area contributed by atoms with Crippen molar-refractivity contribution in [1.82, 2.24) is 0 Å². The fourth-order valence-electron chi connectivity index (χ4n) is 3.12. The third-order valence-corrected chi connectivity index (χ3v) is 17.6. The van der Waals surface area contributed by atoms with Crippen molar-refractivity contribution < 1.29 is 3.76 Å². The summed E-state index contributed by atoms with van der Waals surface area (Å²) in [5.74, 6) is 0. The Labute approximate surface area is 138 Å². The fourth-order valence-corrected chi connectivity index (χ4v) is 13.7. The molecule has 0 aliphatic rings. The first-order valence-electron chi connectivity index (χ1n) is 8.74. The maximum atomic E-state index is 6.74. The van der Waals surface area contributed by atoms with Crippen LogP contribution in [-0.2, 0) is 3.76 Å². The van der Waals surface area contributed by atoms with E-state index in [1.165, 1.54) is 35.0 Å². The van der Waals surface area contributed by atoms with Crippen LogP contribution >= 0.6 is 0 Å². The summed E-state index contributed by atoms with van der Waals surface area (Å²) >= 11 is -2.15. The molecule has 0 aromatic carbocycles. The monoisotopic (exact) mass is 406 g/mol. The van der Waals surface area contributed by atoms with Crippen molar-refractivity contribution in [2.45, 2.75) is 106 Å². The summed E-state index contributed by atoms with van der Waals surface area (Å²) in [6, 6.07) is 0. The van der Waals surface area contributed by atoms with Crippen LogP contribution in [-0.4, -0.2) is 34.6 Å². The predicted molar refractivity (Wildman–Crippen MR) is 96.5 cm³/mol. The molecule has 0 bridgehead atoms. The molecule has 0 amide bonds. The van der Waals surface area contributed by atoms with Gasteiger partial charge in [0.2, 0.25) is 0 Å². The summed E-state index contributed by atoms with van der Waals surface area (Å²) in [4.78, 5) is 0. The first-order valence-corrected chi connectivity index (χ1v) is 16.5. The van der Waals surface area contributed by atoms with Gasteiger partial charge in [-0.15, -0.1) is 0 Å². The Morgan fingerprint density at radius 3 is 1.60 bits per heavy atom. The van der Waals surface area contributed by atoms with Gasteiger partial charge in [-0.1, -0.05) is 0 Å². The van der Waals surface area contributed by atoms with Crippen molar-refractivity contribution in [1.29, 1.82) is 0 Å². The summed E-state index contributed by atoms with van der Waals surface area (Å²) in [6.07, 6.45) is 3.76. The van der Waals surface area contributed by atoms with Gasteiger partial charge in [-0.2, -0.15) is 0 Å². The van der Waals surface area contributed by atoms with Crippen LogP contribution in [0, 0.1) is 0 Å². The predicted octanol–water partition coefficient (Wildman–Crippen LogP) is 6.30. The van der Waals surface area contributed by atoms with Crippen molar-refractivity contribution in [3.8, 4) is 0 Å². The molecule has 3 heteroatoms. The molecule has 0 saturated carbocycles. The van der Waals surface area contributed by atoms with Crippen LogP contribution in [0.15, 0.2) is 0 Å². The van der Waals surface area contributed by atoms with Gasteiger partial charge < -0.3 is 0 Å². The van der Waals surface area contributed by atoms with Gasteiger partial charge in [-0.05, 0) is 0 Å². The minimum absolute atomic E-state index is 0.226. The Bertz CT molecular complexity index is 225. The zero-order chi connectivity index (χ0) is 15.8. The normalized spacial score (nSPS) is 13.2. The van der Waals surface area contributed by atoms with Crippen molar-refractivity contribution in [2.75, 3.05) is 0 Å². The van der Waals surface area contributed by atoms with E-state index in [2.05, 4.69) is 55.4 Å². The zero-order valence-electron chi connectivity index (χ0n) is 15.3. The average molecular weight is 404 g/mol. The number of hydrogen-bond acceptors (Lipinski definition) is 1. The minimum atomic E-state index is -1.23.